The summed E-state index contributed by atoms with van der Waals surface area (Å²) in [6.07, 6.45) is 2.01. The lowest BCUT2D eigenvalue weighted by molar-refractivity contribution is -0.384. The molecule has 0 bridgehead atoms. The van der Waals surface area contributed by atoms with Crippen LogP contribution in [0.3, 0.4) is 0 Å². The number of non-ortho nitro benzene ring substituents is 1. The average molecular weight is 353 g/mol. The molecule has 9 heteroatoms. The summed E-state index contributed by atoms with van der Waals surface area (Å²) < 4.78 is 5.75. The minimum atomic E-state index is -0.568. The molecule has 0 spiro atoms. The highest BCUT2D eigenvalue weighted by Gasteiger charge is 2.29. The molecule has 0 atom stereocenters. The number of nitrogens with zero attached hydrogens (tertiary/aromatic N) is 3. The third kappa shape index (κ3) is 2.92. The number of hydrogen-bond acceptors (Lipinski definition) is 6. The number of amides is 1. The fourth-order valence-corrected chi connectivity index (χ4v) is 2.17. The highest BCUT2D eigenvalue weighted by Crippen LogP contribution is 2.39. The van der Waals surface area contributed by atoms with Gasteiger partial charge in [-0.2, -0.15) is 0 Å². The van der Waals surface area contributed by atoms with Crippen LogP contribution < -0.4 is 5.32 Å². The van der Waals surface area contributed by atoms with Gasteiger partial charge in [-0.25, -0.2) is 0 Å². The van der Waals surface area contributed by atoms with Crippen molar-refractivity contribution in [3.8, 4) is 0 Å². The van der Waals surface area contributed by atoms with Gasteiger partial charge in [0.1, 0.15) is 0 Å². The van der Waals surface area contributed by atoms with Gasteiger partial charge in [-0.3, -0.25) is 20.2 Å². The third-order valence-electron chi connectivity index (χ3n) is 2.99. The number of carbonyl (C=O) groups excluding carboxylic acids is 1. The Morgan fingerprint density at radius 3 is 2.86 bits per heavy atom. The van der Waals surface area contributed by atoms with Crippen LogP contribution in [0.25, 0.3) is 0 Å². The number of nitro groups is 1. The van der Waals surface area contributed by atoms with Gasteiger partial charge in [0.15, 0.2) is 0 Å². The van der Waals surface area contributed by atoms with Crippen LogP contribution in [0.1, 0.15) is 35.0 Å². The van der Waals surface area contributed by atoms with E-state index in [1.807, 2.05) is 0 Å². The van der Waals surface area contributed by atoms with Gasteiger partial charge in [0.25, 0.3) is 11.6 Å². The molecule has 1 aromatic carbocycles. The predicted octanol–water partition coefficient (Wildman–Crippen LogP) is 2.87. The summed E-state index contributed by atoms with van der Waals surface area (Å²) in [5.41, 5.74) is -0.0529. The summed E-state index contributed by atoms with van der Waals surface area (Å²) in [5, 5.41) is 20.8. The van der Waals surface area contributed by atoms with E-state index in [1.54, 1.807) is 0 Å². The van der Waals surface area contributed by atoms with Gasteiger partial charge < -0.3 is 4.42 Å². The molecule has 1 saturated carbocycles. The van der Waals surface area contributed by atoms with Gasteiger partial charge in [-0.15, -0.1) is 5.10 Å². The molecule has 1 heterocycles. The zero-order valence-electron chi connectivity index (χ0n) is 10.6. The maximum absolute atomic E-state index is 12.1. The second kappa shape index (κ2) is 5.24. The number of rotatable bonds is 4. The lowest BCUT2D eigenvalue weighted by Gasteiger charge is -2.03. The van der Waals surface area contributed by atoms with Crippen LogP contribution in [0.2, 0.25) is 0 Å². The van der Waals surface area contributed by atoms with Crippen molar-refractivity contribution in [1.82, 2.24) is 10.2 Å². The Bertz CT molecular complexity index is 726. The first-order chi connectivity index (χ1) is 10.0. The average Bonchev–Trinajstić information content (AvgIpc) is 3.20. The molecule has 1 N–H and O–H groups in total. The molecule has 2 aromatic rings. The molecule has 3 rings (SSSR count). The first-order valence-electron chi connectivity index (χ1n) is 6.13. The zero-order chi connectivity index (χ0) is 15.0. The van der Waals surface area contributed by atoms with E-state index < -0.39 is 10.8 Å². The molecule has 1 aromatic heterocycles. The van der Waals surface area contributed by atoms with Crippen molar-refractivity contribution >= 4 is 33.5 Å². The molecule has 1 aliphatic rings. The number of nitrogens with one attached hydrogen (secondary N) is 1. The molecule has 0 aliphatic heterocycles. The number of benzene rings is 1. The van der Waals surface area contributed by atoms with E-state index in [-0.39, 0.29) is 23.2 Å². The Kier molecular flexibility index (Phi) is 3.42. The van der Waals surface area contributed by atoms with Gasteiger partial charge in [0, 0.05) is 22.5 Å². The van der Waals surface area contributed by atoms with Gasteiger partial charge in [-0.1, -0.05) is 5.10 Å². The van der Waals surface area contributed by atoms with E-state index in [0.717, 1.165) is 12.8 Å². The molecule has 0 radical (unpaired) electrons. The Hall–Kier alpha value is -2.29. The molecular formula is C12H9BrN4O4. The number of nitro benzene ring substituents is 1. The van der Waals surface area contributed by atoms with Crippen molar-refractivity contribution in [2.45, 2.75) is 18.8 Å². The van der Waals surface area contributed by atoms with Crippen molar-refractivity contribution in [1.29, 1.82) is 0 Å². The summed E-state index contributed by atoms with van der Waals surface area (Å²) in [4.78, 5) is 22.3. The maximum Gasteiger partial charge on any atom is 0.322 e. The largest absolute Gasteiger partial charge is 0.408 e. The molecule has 1 aliphatic carbocycles. The smallest absolute Gasteiger partial charge is 0.322 e. The van der Waals surface area contributed by atoms with E-state index in [2.05, 4.69) is 31.4 Å². The quantitative estimate of drug-likeness (QED) is 0.668. The number of halogens is 1. The minimum Gasteiger partial charge on any atom is -0.408 e. The standard InChI is InChI=1S/C12H9BrN4O4/c13-9-4-3-7(17(19)20)5-8(9)10(18)14-12-16-15-11(21-12)6-1-2-6/h3-6H,1-2H2,(H,14,16,18). The van der Waals surface area contributed by atoms with Gasteiger partial charge in [0.2, 0.25) is 5.89 Å². The molecular weight excluding hydrogens is 344 g/mol. The number of anilines is 1. The normalized spacial score (nSPS) is 14.0. The van der Waals surface area contributed by atoms with Gasteiger partial charge in [0.05, 0.1) is 10.5 Å². The lowest BCUT2D eigenvalue weighted by Crippen LogP contribution is -2.13. The molecule has 0 saturated heterocycles. The lowest BCUT2D eigenvalue weighted by atomic mass is 10.2. The van der Waals surface area contributed by atoms with E-state index >= 15 is 0 Å². The third-order valence-corrected chi connectivity index (χ3v) is 3.68. The molecule has 8 nitrogen and oxygen atoms in total. The topological polar surface area (TPSA) is 111 Å². The van der Waals surface area contributed by atoms with Crippen LogP contribution in [0.4, 0.5) is 11.7 Å². The first kappa shape index (κ1) is 13.7. The van der Waals surface area contributed by atoms with E-state index in [9.17, 15) is 14.9 Å². The van der Waals surface area contributed by atoms with Crippen molar-refractivity contribution in [3.63, 3.8) is 0 Å². The van der Waals surface area contributed by atoms with Crippen LogP contribution in [-0.2, 0) is 0 Å². The predicted molar refractivity (Wildman–Crippen MR) is 75.0 cm³/mol. The molecule has 0 unspecified atom stereocenters. The van der Waals surface area contributed by atoms with Crippen LogP contribution >= 0.6 is 15.9 Å². The van der Waals surface area contributed by atoms with Gasteiger partial charge >= 0.3 is 6.01 Å². The summed E-state index contributed by atoms with van der Waals surface area (Å²) in [6, 6.07) is 3.91. The van der Waals surface area contributed by atoms with E-state index in [0.29, 0.717) is 10.4 Å². The fraction of sp³-hybridized carbons (Fsp3) is 0.250. The molecule has 108 valence electrons. The number of hydrogen-bond donors (Lipinski definition) is 1. The van der Waals surface area contributed by atoms with Crippen molar-refractivity contribution in [2.24, 2.45) is 0 Å². The second-order valence-electron chi connectivity index (χ2n) is 4.60. The summed E-state index contributed by atoms with van der Waals surface area (Å²) >= 11 is 3.18. The van der Waals surface area contributed by atoms with Crippen LogP contribution in [0, 0.1) is 10.1 Å². The minimum absolute atomic E-state index is 0.0136. The van der Waals surface area contributed by atoms with E-state index in [4.69, 9.17) is 4.42 Å². The van der Waals surface area contributed by atoms with Crippen molar-refractivity contribution in [3.05, 3.63) is 44.2 Å². The number of aromatic nitrogens is 2. The zero-order valence-corrected chi connectivity index (χ0v) is 12.2. The SMILES string of the molecule is O=C(Nc1nnc(C2CC2)o1)c1cc([N+](=O)[O-])ccc1Br. The Labute approximate surface area is 126 Å². The monoisotopic (exact) mass is 352 g/mol. The molecule has 1 fully saturated rings. The highest BCUT2D eigenvalue weighted by atomic mass is 79.9. The second-order valence-corrected chi connectivity index (χ2v) is 5.45. The molecule has 1 amide bonds. The Balaban J connectivity index is 1.80. The summed E-state index contributed by atoms with van der Waals surface area (Å²) in [7, 11) is 0. The van der Waals surface area contributed by atoms with E-state index in [1.165, 1.54) is 18.2 Å². The first-order valence-corrected chi connectivity index (χ1v) is 6.92. The van der Waals surface area contributed by atoms with Crippen LogP contribution in [0.5, 0.6) is 0 Å². The summed E-state index contributed by atoms with van der Waals surface area (Å²) in [6.45, 7) is 0. The van der Waals surface area contributed by atoms with Crippen molar-refractivity contribution in [2.75, 3.05) is 5.32 Å². The van der Waals surface area contributed by atoms with Crippen LogP contribution in [-0.4, -0.2) is 21.0 Å². The number of carbonyl (C=O) groups is 1. The van der Waals surface area contributed by atoms with Gasteiger partial charge in [-0.05, 0) is 34.8 Å². The Morgan fingerprint density at radius 1 is 1.43 bits per heavy atom. The molecule has 21 heavy (non-hydrogen) atoms. The fourth-order valence-electron chi connectivity index (χ4n) is 1.75. The van der Waals surface area contributed by atoms with Crippen LogP contribution in [0.15, 0.2) is 27.1 Å². The summed E-state index contributed by atoms with van der Waals surface area (Å²) in [5.74, 6) is 0.229. The maximum atomic E-state index is 12.1. The highest BCUT2D eigenvalue weighted by molar-refractivity contribution is 9.10. The Morgan fingerprint density at radius 2 is 2.19 bits per heavy atom. The van der Waals surface area contributed by atoms with Crippen molar-refractivity contribution < 1.29 is 14.1 Å².